The zero-order valence-electron chi connectivity index (χ0n) is 26.8. The van der Waals surface area contributed by atoms with Crippen LogP contribution in [0, 0.1) is 6.92 Å². The van der Waals surface area contributed by atoms with E-state index in [1.807, 2.05) is 0 Å². The van der Waals surface area contributed by atoms with Crippen LogP contribution in [-0.2, 0) is 22.7 Å². The Balaban J connectivity index is 1.33. The van der Waals surface area contributed by atoms with Crippen LogP contribution in [0.1, 0.15) is 59.2 Å². The molecule has 2 aromatic carbocycles. The average molecular weight is 676 g/mol. The van der Waals surface area contributed by atoms with Crippen molar-refractivity contribution in [3.8, 4) is 5.75 Å². The Labute approximate surface area is 273 Å². The Bertz CT molecular complexity index is 1720. The number of ether oxygens (including phenoxy) is 1. The predicted octanol–water partition coefficient (Wildman–Crippen LogP) is 5.31. The quantitative estimate of drug-likeness (QED) is 0.248. The van der Waals surface area contributed by atoms with E-state index in [2.05, 4.69) is 30.8 Å². The number of sulfonamides is 1. The summed E-state index contributed by atoms with van der Waals surface area (Å²) in [5, 5.41) is 8.75. The summed E-state index contributed by atoms with van der Waals surface area (Å²) >= 11 is 0. The summed E-state index contributed by atoms with van der Waals surface area (Å²) in [6.07, 6.45) is 2.57. The molecule has 0 radical (unpaired) electrons. The Morgan fingerprint density at radius 3 is 2.55 bits per heavy atom. The minimum atomic E-state index is -4.76. The highest BCUT2D eigenvalue weighted by atomic mass is 32.2. The third-order valence-electron chi connectivity index (χ3n) is 8.71. The van der Waals surface area contributed by atoms with Gasteiger partial charge in [-0.3, -0.25) is 14.0 Å². The van der Waals surface area contributed by atoms with E-state index in [0.29, 0.717) is 34.7 Å². The van der Waals surface area contributed by atoms with Gasteiger partial charge in [0.25, 0.3) is 5.91 Å². The van der Waals surface area contributed by atoms with Gasteiger partial charge in [-0.2, -0.15) is 18.2 Å². The van der Waals surface area contributed by atoms with Gasteiger partial charge in [0, 0.05) is 44.0 Å². The summed E-state index contributed by atoms with van der Waals surface area (Å²) in [7, 11) is -0.825. The molecule has 2 aliphatic rings. The van der Waals surface area contributed by atoms with E-state index in [1.165, 1.54) is 33.4 Å². The van der Waals surface area contributed by atoms with E-state index in [-0.39, 0.29) is 30.2 Å². The second-order valence-electron chi connectivity index (χ2n) is 12.1. The van der Waals surface area contributed by atoms with Crippen molar-refractivity contribution in [1.29, 1.82) is 0 Å². The van der Waals surface area contributed by atoms with Gasteiger partial charge in [-0.1, -0.05) is 18.6 Å². The van der Waals surface area contributed by atoms with Crippen molar-refractivity contribution in [1.82, 2.24) is 20.2 Å². The van der Waals surface area contributed by atoms with Crippen LogP contribution in [0.15, 0.2) is 42.6 Å². The van der Waals surface area contributed by atoms with E-state index in [0.717, 1.165) is 42.1 Å². The van der Waals surface area contributed by atoms with Gasteiger partial charge >= 0.3 is 6.18 Å². The molecule has 3 aromatic rings. The molecule has 11 nitrogen and oxygen atoms in total. The topological polar surface area (TPSA) is 129 Å². The summed E-state index contributed by atoms with van der Waals surface area (Å²) in [5.74, 6) is -0.596. The smallest absolute Gasteiger partial charge is 0.421 e. The molecule has 1 saturated heterocycles. The van der Waals surface area contributed by atoms with Crippen LogP contribution in [-0.4, -0.2) is 74.8 Å². The maximum atomic E-state index is 13.9. The van der Waals surface area contributed by atoms with Gasteiger partial charge in [0.15, 0.2) is 0 Å². The maximum Gasteiger partial charge on any atom is 0.421 e. The van der Waals surface area contributed by atoms with E-state index < -0.39 is 27.6 Å². The summed E-state index contributed by atoms with van der Waals surface area (Å²) in [4.78, 5) is 23.6. The standard InChI is InChI=1S/C32H40F3N7O4S/c1-20-10-11-22(27(15-20)41(2)47(4,44)45)17-36-29-25(32(33,34)35)18-37-31(40-29)39-26-13-12-21(16-28(26)46-3)30(43)38-23-7-6-14-42(19-23)24-8-5-9-24/h10-13,15-16,18,23-24H,5-9,14,17,19H2,1-4H3,(H,38,43)(H2,36,37,39,40)/t23-/m1/s1. The van der Waals surface area contributed by atoms with Gasteiger partial charge in [0.1, 0.15) is 17.1 Å². The third-order valence-corrected chi connectivity index (χ3v) is 9.90. The molecule has 1 aliphatic carbocycles. The predicted molar refractivity (Wildman–Crippen MR) is 175 cm³/mol. The minimum Gasteiger partial charge on any atom is -0.495 e. The van der Waals surface area contributed by atoms with Crippen molar-refractivity contribution in [2.24, 2.45) is 0 Å². The summed E-state index contributed by atoms with van der Waals surface area (Å²) in [6.45, 7) is 3.52. The number of hydrogen-bond donors (Lipinski definition) is 3. The number of rotatable bonds is 11. The summed E-state index contributed by atoms with van der Waals surface area (Å²) < 4.78 is 72.8. The minimum absolute atomic E-state index is 0.0508. The second-order valence-corrected chi connectivity index (χ2v) is 14.1. The molecular formula is C32H40F3N7O4S. The number of carbonyl (C=O) groups is 1. The number of aryl methyl sites for hydroxylation is 1. The number of methoxy groups -OCH3 is 1. The molecule has 3 N–H and O–H groups in total. The highest BCUT2D eigenvalue weighted by Gasteiger charge is 2.35. The average Bonchev–Trinajstić information content (AvgIpc) is 2.98. The number of benzene rings is 2. The molecule has 1 amide bonds. The Morgan fingerprint density at radius 1 is 1.13 bits per heavy atom. The Morgan fingerprint density at radius 2 is 1.89 bits per heavy atom. The molecule has 0 unspecified atom stereocenters. The second kappa shape index (κ2) is 13.9. The molecule has 15 heteroatoms. The normalized spacial score (nSPS) is 17.5. The molecule has 1 aromatic heterocycles. The highest BCUT2D eigenvalue weighted by molar-refractivity contribution is 7.92. The fraction of sp³-hybridized carbons (Fsp3) is 0.469. The monoisotopic (exact) mass is 675 g/mol. The first-order valence-corrected chi connectivity index (χ1v) is 17.3. The molecule has 0 spiro atoms. The van der Waals surface area contributed by atoms with Crippen LogP contribution in [0.3, 0.4) is 0 Å². The van der Waals surface area contributed by atoms with E-state index in [4.69, 9.17) is 4.74 Å². The number of nitrogens with one attached hydrogen (secondary N) is 3. The number of hydrogen-bond acceptors (Lipinski definition) is 9. The van der Waals surface area contributed by atoms with Crippen molar-refractivity contribution >= 4 is 39.1 Å². The molecular weight excluding hydrogens is 635 g/mol. The van der Waals surface area contributed by atoms with E-state index in [1.54, 1.807) is 43.3 Å². The molecule has 5 rings (SSSR count). The maximum absolute atomic E-state index is 13.9. The lowest BCUT2D eigenvalue weighted by molar-refractivity contribution is -0.137. The molecule has 2 heterocycles. The molecule has 47 heavy (non-hydrogen) atoms. The van der Waals surface area contributed by atoms with Crippen molar-refractivity contribution in [3.63, 3.8) is 0 Å². The molecule has 254 valence electrons. The first kappa shape index (κ1) is 34.2. The lowest BCUT2D eigenvalue weighted by atomic mass is 9.89. The van der Waals surface area contributed by atoms with Crippen LogP contribution in [0.4, 0.5) is 36.3 Å². The van der Waals surface area contributed by atoms with Crippen LogP contribution in [0.25, 0.3) is 0 Å². The summed E-state index contributed by atoms with van der Waals surface area (Å²) in [5.41, 5.74) is 1.20. The zero-order chi connectivity index (χ0) is 33.9. The van der Waals surface area contributed by atoms with Gasteiger partial charge in [-0.15, -0.1) is 0 Å². The Kier molecular flexibility index (Phi) is 10.2. The van der Waals surface area contributed by atoms with Gasteiger partial charge < -0.3 is 20.7 Å². The number of halogens is 3. The van der Waals surface area contributed by atoms with Crippen LogP contribution in [0.2, 0.25) is 0 Å². The number of aromatic nitrogens is 2. The molecule has 2 fully saturated rings. The van der Waals surface area contributed by atoms with Crippen LogP contribution >= 0.6 is 0 Å². The lowest BCUT2D eigenvalue weighted by Crippen LogP contribution is -2.52. The van der Waals surface area contributed by atoms with Crippen molar-refractivity contribution < 1.29 is 31.1 Å². The van der Waals surface area contributed by atoms with Gasteiger partial charge in [0.05, 0.1) is 24.7 Å². The number of nitrogens with zero attached hydrogens (tertiary/aromatic N) is 4. The first-order valence-electron chi connectivity index (χ1n) is 15.4. The SMILES string of the molecule is COc1cc(C(=O)N[C@@H]2CCCN(C3CCC3)C2)ccc1Nc1ncc(C(F)(F)F)c(NCc2ccc(C)cc2N(C)S(C)(=O)=O)n1. The third kappa shape index (κ3) is 8.25. The first-order chi connectivity index (χ1) is 22.2. The van der Waals surface area contributed by atoms with Crippen molar-refractivity contribution in [2.75, 3.05) is 48.4 Å². The number of piperidine rings is 1. The van der Waals surface area contributed by atoms with E-state index >= 15 is 0 Å². The number of anilines is 4. The molecule has 1 saturated carbocycles. The fourth-order valence-electron chi connectivity index (χ4n) is 5.79. The van der Waals surface area contributed by atoms with Crippen LogP contribution in [0.5, 0.6) is 5.75 Å². The van der Waals surface area contributed by atoms with E-state index in [9.17, 15) is 26.4 Å². The molecule has 1 aliphatic heterocycles. The molecule has 0 bridgehead atoms. The lowest BCUT2D eigenvalue weighted by Gasteiger charge is -2.42. The van der Waals surface area contributed by atoms with Gasteiger partial charge in [-0.25, -0.2) is 13.4 Å². The van der Waals surface area contributed by atoms with Gasteiger partial charge in [-0.05, 0) is 74.5 Å². The van der Waals surface area contributed by atoms with Crippen LogP contribution < -0.4 is 25.0 Å². The number of alkyl halides is 3. The zero-order valence-corrected chi connectivity index (χ0v) is 27.6. The number of carbonyl (C=O) groups excluding carboxylic acids is 1. The Hall–Kier alpha value is -4.11. The van der Waals surface area contributed by atoms with Crippen molar-refractivity contribution in [3.05, 3.63) is 64.8 Å². The van der Waals surface area contributed by atoms with Gasteiger partial charge in [0.2, 0.25) is 16.0 Å². The highest BCUT2D eigenvalue weighted by Crippen LogP contribution is 2.36. The largest absolute Gasteiger partial charge is 0.495 e. The summed E-state index contributed by atoms with van der Waals surface area (Å²) in [6, 6.07) is 10.4. The number of likely N-dealkylation sites (tertiary alicyclic amines) is 1. The van der Waals surface area contributed by atoms with Crippen molar-refractivity contribution in [2.45, 2.75) is 63.8 Å². The number of amides is 1. The molecule has 1 atom stereocenters. The fourth-order valence-corrected chi connectivity index (χ4v) is 6.32.